The highest BCUT2D eigenvalue weighted by Gasteiger charge is 2.21. The molecule has 0 fully saturated rings. The van der Waals surface area contributed by atoms with Gasteiger partial charge in [-0.05, 0) is 50.5 Å². The standard InChI is InChI=1S/C21H29NO5/c1-16-8-9-17(27-16)14-22-11-10-19(23)20(24)15-25-12-4-5-13-26-21-7-3-2-6-18(21)22/h2-3,6-9,19-20,23-24H,4-5,10-15H2,1H3/t19-,20+/m0/s1. The largest absolute Gasteiger partial charge is 0.491 e. The van der Waals surface area contributed by atoms with Gasteiger partial charge in [0, 0.05) is 13.2 Å². The molecule has 0 spiro atoms. The fourth-order valence-corrected chi connectivity index (χ4v) is 3.17. The molecule has 1 aromatic heterocycles. The van der Waals surface area contributed by atoms with Crippen molar-refractivity contribution in [3.63, 3.8) is 0 Å². The van der Waals surface area contributed by atoms with Gasteiger partial charge in [0.1, 0.15) is 23.4 Å². The number of anilines is 1. The predicted molar refractivity (Wildman–Crippen MR) is 103 cm³/mol. The summed E-state index contributed by atoms with van der Waals surface area (Å²) in [5.41, 5.74) is 0.960. The third-order valence-corrected chi connectivity index (χ3v) is 4.72. The van der Waals surface area contributed by atoms with Crippen LogP contribution in [0.4, 0.5) is 5.69 Å². The van der Waals surface area contributed by atoms with Crippen LogP contribution in [0.15, 0.2) is 40.8 Å². The zero-order chi connectivity index (χ0) is 19.1. The molecule has 2 N–H and O–H groups in total. The zero-order valence-corrected chi connectivity index (χ0v) is 15.8. The highest BCUT2D eigenvalue weighted by Crippen LogP contribution is 2.30. The normalized spacial score (nSPS) is 22.6. The van der Waals surface area contributed by atoms with Crippen LogP contribution in [-0.2, 0) is 11.3 Å². The molecule has 6 nitrogen and oxygen atoms in total. The Labute approximate surface area is 160 Å². The van der Waals surface area contributed by atoms with Gasteiger partial charge in [0.2, 0.25) is 0 Å². The molecule has 0 radical (unpaired) electrons. The molecule has 148 valence electrons. The van der Waals surface area contributed by atoms with E-state index in [4.69, 9.17) is 13.9 Å². The van der Waals surface area contributed by atoms with Gasteiger partial charge in [0.25, 0.3) is 0 Å². The summed E-state index contributed by atoms with van der Waals surface area (Å²) in [6, 6.07) is 11.8. The van der Waals surface area contributed by atoms with E-state index in [9.17, 15) is 10.2 Å². The number of para-hydroxylation sites is 2. The maximum absolute atomic E-state index is 10.3. The van der Waals surface area contributed by atoms with Crippen molar-refractivity contribution in [2.45, 2.75) is 44.9 Å². The zero-order valence-electron chi connectivity index (χ0n) is 15.8. The Morgan fingerprint density at radius 3 is 2.67 bits per heavy atom. The van der Waals surface area contributed by atoms with Crippen molar-refractivity contribution < 1.29 is 24.1 Å². The van der Waals surface area contributed by atoms with Crippen molar-refractivity contribution in [3.05, 3.63) is 47.9 Å². The Hall–Kier alpha value is -2.02. The van der Waals surface area contributed by atoms with Crippen LogP contribution in [0.3, 0.4) is 0 Å². The van der Waals surface area contributed by atoms with E-state index < -0.39 is 12.2 Å². The highest BCUT2D eigenvalue weighted by molar-refractivity contribution is 5.58. The quantitative estimate of drug-likeness (QED) is 0.841. The molecule has 0 saturated carbocycles. The van der Waals surface area contributed by atoms with E-state index >= 15 is 0 Å². The van der Waals surface area contributed by atoms with Crippen molar-refractivity contribution in [3.8, 4) is 5.75 Å². The molecule has 0 aliphatic carbocycles. The van der Waals surface area contributed by atoms with Crippen LogP contribution in [-0.4, -0.2) is 48.8 Å². The van der Waals surface area contributed by atoms with Gasteiger partial charge < -0.3 is 29.0 Å². The number of benzene rings is 1. The van der Waals surface area contributed by atoms with Crippen molar-refractivity contribution in [2.75, 3.05) is 31.3 Å². The molecule has 2 atom stereocenters. The highest BCUT2D eigenvalue weighted by atomic mass is 16.5. The second kappa shape index (κ2) is 9.78. The number of fused-ring (bicyclic) bond motifs is 1. The van der Waals surface area contributed by atoms with Gasteiger partial charge in [0.15, 0.2) is 0 Å². The van der Waals surface area contributed by atoms with Gasteiger partial charge in [0.05, 0.1) is 31.5 Å². The van der Waals surface area contributed by atoms with Gasteiger partial charge in [-0.15, -0.1) is 0 Å². The first-order valence-corrected chi connectivity index (χ1v) is 9.59. The first-order valence-electron chi connectivity index (χ1n) is 9.59. The number of hydrogen-bond donors (Lipinski definition) is 2. The topological polar surface area (TPSA) is 75.3 Å². The molecule has 27 heavy (non-hydrogen) atoms. The Balaban J connectivity index is 1.82. The van der Waals surface area contributed by atoms with Gasteiger partial charge >= 0.3 is 0 Å². The van der Waals surface area contributed by atoms with E-state index in [-0.39, 0.29) is 6.61 Å². The predicted octanol–water partition coefficient (Wildman–Crippen LogP) is 2.90. The van der Waals surface area contributed by atoms with Crippen LogP contribution in [0, 0.1) is 6.92 Å². The van der Waals surface area contributed by atoms with E-state index in [1.165, 1.54) is 0 Å². The van der Waals surface area contributed by atoms with Crippen LogP contribution in [0.2, 0.25) is 0 Å². The molecule has 1 aliphatic heterocycles. The Morgan fingerprint density at radius 1 is 1.04 bits per heavy atom. The maximum atomic E-state index is 10.3. The number of aliphatic hydroxyl groups excluding tert-OH is 2. The van der Waals surface area contributed by atoms with Gasteiger partial charge in [-0.1, -0.05) is 12.1 Å². The summed E-state index contributed by atoms with van der Waals surface area (Å²) in [7, 11) is 0. The number of hydrogen-bond acceptors (Lipinski definition) is 6. The molecule has 1 aliphatic rings. The fraction of sp³-hybridized carbons (Fsp3) is 0.524. The Kier molecular flexibility index (Phi) is 7.15. The molecule has 1 aromatic carbocycles. The van der Waals surface area contributed by atoms with Crippen LogP contribution in [0.5, 0.6) is 5.75 Å². The second-order valence-electron chi connectivity index (χ2n) is 6.96. The fourth-order valence-electron chi connectivity index (χ4n) is 3.17. The average Bonchev–Trinajstić information content (AvgIpc) is 3.08. The van der Waals surface area contributed by atoms with E-state index in [1.807, 2.05) is 43.3 Å². The minimum atomic E-state index is -0.882. The Bertz CT molecular complexity index is 701. The summed E-state index contributed by atoms with van der Waals surface area (Å²) in [6.07, 6.45) is 0.400. The minimum Gasteiger partial charge on any atom is -0.491 e. The van der Waals surface area contributed by atoms with Crippen LogP contribution in [0.25, 0.3) is 0 Å². The number of furan rings is 1. The third-order valence-electron chi connectivity index (χ3n) is 4.72. The second-order valence-corrected chi connectivity index (χ2v) is 6.96. The molecule has 2 heterocycles. The lowest BCUT2D eigenvalue weighted by molar-refractivity contribution is -0.0406. The van der Waals surface area contributed by atoms with E-state index in [0.29, 0.717) is 32.7 Å². The monoisotopic (exact) mass is 375 g/mol. The van der Waals surface area contributed by atoms with Crippen molar-refractivity contribution in [2.24, 2.45) is 0 Å². The average molecular weight is 375 g/mol. The van der Waals surface area contributed by atoms with Gasteiger partial charge in [-0.2, -0.15) is 0 Å². The van der Waals surface area contributed by atoms with Crippen LogP contribution in [0.1, 0.15) is 30.8 Å². The molecule has 0 amide bonds. The molecule has 3 rings (SSSR count). The van der Waals surface area contributed by atoms with Gasteiger partial charge in [-0.25, -0.2) is 0 Å². The summed E-state index contributed by atoms with van der Waals surface area (Å²) in [6.45, 7) is 4.35. The van der Waals surface area contributed by atoms with E-state index in [1.54, 1.807) is 0 Å². The summed E-state index contributed by atoms with van der Waals surface area (Å²) in [5, 5.41) is 20.4. The summed E-state index contributed by atoms with van der Waals surface area (Å²) in [5.74, 6) is 2.53. The molecule has 0 saturated heterocycles. The third kappa shape index (κ3) is 5.73. The van der Waals surface area contributed by atoms with Crippen LogP contribution >= 0.6 is 0 Å². The first-order chi connectivity index (χ1) is 13.1. The number of rotatable bonds is 2. The first kappa shape index (κ1) is 19.7. The summed E-state index contributed by atoms with van der Waals surface area (Å²) in [4.78, 5) is 2.12. The SMILES string of the molecule is Cc1ccc(CN2CC[C@H](O)[C@H](O)COCCCCOc3ccccc32)o1. The van der Waals surface area contributed by atoms with Crippen LogP contribution < -0.4 is 9.64 Å². The smallest absolute Gasteiger partial charge is 0.142 e. The van der Waals surface area contributed by atoms with Crippen molar-refractivity contribution in [1.29, 1.82) is 0 Å². The lowest BCUT2D eigenvalue weighted by Crippen LogP contribution is -2.35. The molecule has 6 heteroatoms. The number of ether oxygens (including phenoxy) is 2. The Morgan fingerprint density at radius 2 is 1.85 bits per heavy atom. The minimum absolute atomic E-state index is 0.149. The number of nitrogens with zero attached hydrogens (tertiary/aromatic N) is 1. The molecule has 0 unspecified atom stereocenters. The van der Waals surface area contributed by atoms with E-state index in [0.717, 1.165) is 35.8 Å². The lowest BCUT2D eigenvalue weighted by Gasteiger charge is -2.28. The molecule has 2 aromatic rings. The summed E-state index contributed by atoms with van der Waals surface area (Å²) >= 11 is 0. The maximum Gasteiger partial charge on any atom is 0.142 e. The van der Waals surface area contributed by atoms with Gasteiger partial charge in [-0.3, -0.25) is 0 Å². The number of aryl methyl sites for hydroxylation is 1. The molecule has 0 bridgehead atoms. The summed E-state index contributed by atoms with van der Waals surface area (Å²) < 4.78 is 17.2. The molecular weight excluding hydrogens is 346 g/mol. The molecular formula is C21H29NO5. The van der Waals surface area contributed by atoms with Crippen molar-refractivity contribution >= 4 is 5.69 Å². The number of aliphatic hydroxyl groups is 2. The van der Waals surface area contributed by atoms with Crippen molar-refractivity contribution in [1.82, 2.24) is 0 Å². The lowest BCUT2D eigenvalue weighted by atomic mass is 10.1. The van der Waals surface area contributed by atoms with E-state index in [2.05, 4.69) is 4.90 Å².